The normalized spacial score (nSPS) is 18.4. The quantitative estimate of drug-likeness (QED) is 0.824. The number of sulfonamides is 1. The van der Waals surface area contributed by atoms with Crippen molar-refractivity contribution in [2.45, 2.75) is 10.8 Å². The number of nitrogens with two attached hydrogens (primary N) is 1. The third kappa shape index (κ3) is 2.09. The molecule has 0 unspecified atom stereocenters. The first-order chi connectivity index (χ1) is 7.38. The molecule has 0 spiro atoms. The first-order valence-electron chi connectivity index (χ1n) is 4.89. The smallest absolute Gasteiger partial charge is 0.238 e. The van der Waals surface area contributed by atoms with Crippen LogP contribution >= 0.6 is 0 Å². The van der Waals surface area contributed by atoms with Gasteiger partial charge in [0.25, 0.3) is 0 Å². The molecule has 1 aliphatic heterocycles. The summed E-state index contributed by atoms with van der Waals surface area (Å²) in [5.41, 5.74) is 0.487. The second-order valence-electron chi connectivity index (χ2n) is 4.15. The minimum Gasteiger partial charge on any atom is -0.305 e. The van der Waals surface area contributed by atoms with Crippen LogP contribution in [0, 0.1) is 5.82 Å². The number of benzene rings is 1. The van der Waals surface area contributed by atoms with E-state index in [2.05, 4.69) is 0 Å². The van der Waals surface area contributed by atoms with Gasteiger partial charge < -0.3 is 4.90 Å². The first-order valence-corrected chi connectivity index (χ1v) is 6.43. The lowest BCUT2D eigenvalue weighted by Crippen LogP contribution is -2.42. The van der Waals surface area contributed by atoms with Crippen molar-refractivity contribution >= 4 is 10.0 Å². The van der Waals surface area contributed by atoms with Crippen molar-refractivity contribution in [1.82, 2.24) is 4.90 Å². The van der Waals surface area contributed by atoms with E-state index in [9.17, 15) is 12.8 Å². The minimum atomic E-state index is -3.77. The van der Waals surface area contributed by atoms with Crippen LogP contribution in [0.15, 0.2) is 23.1 Å². The van der Waals surface area contributed by atoms with Crippen LogP contribution in [0.5, 0.6) is 0 Å². The van der Waals surface area contributed by atoms with Crippen LogP contribution in [0.4, 0.5) is 4.39 Å². The fraction of sp³-hybridized carbons (Fsp3) is 0.400. The Hall–Kier alpha value is -0.980. The summed E-state index contributed by atoms with van der Waals surface area (Å²) in [6.45, 7) is 1.46. The Balaban J connectivity index is 2.46. The Labute approximate surface area is 93.9 Å². The predicted octanol–water partition coefficient (Wildman–Crippen LogP) is 0.502. The fourth-order valence-corrected chi connectivity index (χ4v) is 2.80. The van der Waals surface area contributed by atoms with Crippen LogP contribution < -0.4 is 5.14 Å². The van der Waals surface area contributed by atoms with Gasteiger partial charge in [-0.15, -0.1) is 0 Å². The topological polar surface area (TPSA) is 63.4 Å². The van der Waals surface area contributed by atoms with E-state index in [4.69, 9.17) is 5.14 Å². The lowest BCUT2D eigenvalue weighted by atomic mass is 9.92. The molecule has 1 aromatic carbocycles. The van der Waals surface area contributed by atoms with Crippen LogP contribution in [-0.4, -0.2) is 33.5 Å². The minimum absolute atomic E-state index is 0.0343. The summed E-state index contributed by atoms with van der Waals surface area (Å²) in [7, 11) is -1.85. The van der Waals surface area contributed by atoms with Crippen LogP contribution in [0.1, 0.15) is 11.5 Å². The average Bonchev–Trinajstić information content (AvgIpc) is 2.10. The van der Waals surface area contributed by atoms with E-state index < -0.39 is 15.8 Å². The summed E-state index contributed by atoms with van der Waals surface area (Å²) >= 11 is 0. The van der Waals surface area contributed by atoms with Gasteiger partial charge >= 0.3 is 0 Å². The van der Waals surface area contributed by atoms with Gasteiger partial charge in [0.15, 0.2) is 0 Å². The van der Waals surface area contributed by atoms with Gasteiger partial charge in [-0.3, -0.25) is 0 Å². The molecule has 1 aromatic rings. The second-order valence-corrected chi connectivity index (χ2v) is 5.68. The molecule has 16 heavy (non-hydrogen) atoms. The Morgan fingerprint density at radius 2 is 2.06 bits per heavy atom. The van der Waals surface area contributed by atoms with Crippen LogP contribution in [0.3, 0.4) is 0 Å². The van der Waals surface area contributed by atoms with E-state index in [0.29, 0.717) is 5.56 Å². The van der Waals surface area contributed by atoms with E-state index in [1.807, 2.05) is 11.9 Å². The lowest BCUT2D eigenvalue weighted by molar-refractivity contribution is 0.187. The number of rotatable bonds is 2. The number of hydrogen-bond donors (Lipinski definition) is 1. The molecule has 1 fully saturated rings. The molecule has 6 heteroatoms. The lowest BCUT2D eigenvalue weighted by Gasteiger charge is -2.37. The second kappa shape index (κ2) is 3.80. The van der Waals surface area contributed by atoms with E-state index in [0.717, 1.165) is 19.2 Å². The number of nitrogens with zero attached hydrogens (tertiary/aromatic N) is 1. The van der Waals surface area contributed by atoms with Gasteiger partial charge in [0.1, 0.15) is 5.82 Å². The molecule has 2 rings (SSSR count). The molecule has 88 valence electrons. The highest BCUT2D eigenvalue weighted by Gasteiger charge is 2.29. The number of primary sulfonamides is 1. The highest BCUT2D eigenvalue weighted by Crippen LogP contribution is 2.30. The zero-order chi connectivity index (χ0) is 11.9. The van der Waals surface area contributed by atoms with E-state index in [1.54, 1.807) is 0 Å². The van der Waals surface area contributed by atoms with Gasteiger partial charge in [-0.2, -0.15) is 0 Å². The molecule has 4 nitrogen and oxygen atoms in total. The van der Waals surface area contributed by atoms with Gasteiger partial charge in [-0.25, -0.2) is 17.9 Å². The maximum absolute atomic E-state index is 13.1. The third-order valence-corrected chi connectivity index (χ3v) is 3.77. The van der Waals surface area contributed by atoms with Crippen molar-refractivity contribution < 1.29 is 12.8 Å². The molecule has 1 saturated heterocycles. The molecular formula is C10H13FN2O2S. The molecule has 0 saturated carbocycles. The molecule has 0 aliphatic carbocycles. The highest BCUT2D eigenvalue weighted by molar-refractivity contribution is 7.89. The number of halogens is 1. The van der Waals surface area contributed by atoms with Crippen molar-refractivity contribution in [3.63, 3.8) is 0 Å². The highest BCUT2D eigenvalue weighted by atomic mass is 32.2. The van der Waals surface area contributed by atoms with Crippen LogP contribution in [0.25, 0.3) is 0 Å². The Kier molecular flexibility index (Phi) is 2.73. The number of likely N-dealkylation sites (N-methyl/N-ethyl adjacent to an activating group) is 1. The molecule has 0 bridgehead atoms. The van der Waals surface area contributed by atoms with Gasteiger partial charge in [0.05, 0.1) is 4.90 Å². The largest absolute Gasteiger partial charge is 0.305 e. The van der Waals surface area contributed by atoms with Crippen molar-refractivity contribution in [1.29, 1.82) is 0 Å². The van der Waals surface area contributed by atoms with E-state index in [1.165, 1.54) is 12.1 Å². The summed E-state index contributed by atoms with van der Waals surface area (Å²) in [6.07, 6.45) is 0. The number of likely N-dealkylation sites (tertiary alicyclic amines) is 1. The molecular weight excluding hydrogens is 231 g/mol. The van der Waals surface area contributed by atoms with Crippen LogP contribution in [-0.2, 0) is 10.0 Å². The molecule has 0 aromatic heterocycles. The zero-order valence-electron chi connectivity index (χ0n) is 8.85. The van der Waals surface area contributed by atoms with E-state index >= 15 is 0 Å². The summed E-state index contributed by atoms with van der Waals surface area (Å²) in [5, 5.41) is 5.10. The standard InChI is InChI=1S/C10H13FN2O2S/c1-13-5-7(6-13)9-4-8(11)2-3-10(9)16(12,14)15/h2-4,7H,5-6H2,1H3,(H2,12,14,15). The number of hydrogen-bond acceptors (Lipinski definition) is 3. The summed E-state index contributed by atoms with van der Waals surface area (Å²) in [4.78, 5) is 2.06. The molecule has 0 atom stereocenters. The maximum atomic E-state index is 13.1. The third-order valence-electron chi connectivity index (χ3n) is 2.78. The average molecular weight is 244 g/mol. The summed E-state index contributed by atoms with van der Waals surface area (Å²) in [5.74, 6) is -0.383. The van der Waals surface area contributed by atoms with Gasteiger partial charge in [-0.1, -0.05) is 0 Å². The SMILES string of the molecule is CN1CC(c2cc(F)ccc2S(N)(=O)=O)C1. The molecule has 2 N–H and O–H groups in total. The van der Waals surface area contributed by atoms with Crippen molar-refractivity contribution in [2.75, 3.05) is 20.1 Å². The summed E-state index contributed by atoms with van der Waals surface area (Å²) < 4.78 is 35.8. The zero-order valence-corrected chi connectivity index (χ0v) is 9.67. The van der Waals surface area contributed by atoms with Crippen molar-refractivity contribution in [3.05, 3.63) is 29.6 Å². The van der Waals surface area contributed by atoms with Gasteiger partial charge in [0.2, 0.25) is 10.0 Å². The van der Waals surface area contributed by atoms with Gasteiger partial charge in [0, 0.05) is 19.0 Å². The molecule has 0 amide bonds. The predicted molar refractivity (Wildman–Crippen MR) is 58.0 cm³/mol. The first kappa shape index (κ1) is 11.5. The molecule has 1 heterocycles. The summed E-state index contributed by atoms with van der Waals surface area (Å²) in [6, 6.07) is 3.61. The maximum Gasteiger partial charge on any atom is 0.238 e. The fourth-order valence-electron chi connectivity index (χ4n) is 1.99. The van der Waals surface area contributed by atoms with Crippen LogP contribution in [0.2, 0.25) is 0 Å². The van der Waals surface area contributed by atoms with Crippen molar-refractivity contribution in [3.8, 4) is 0 Å². The van der Waals surface area contributed by atoms with E-state index in [-0.39, 0.29) is 10.8 Å². The van der Waals surface area contributed by atoms with Crippen molar-refractivity contribution in [2.24, 2.45) is 5.14 Å². The Morgan fingerprint density at radius 1 is 1.44 bits per heavy atom. The molecule has 0 radical (unpaired) electrons. The van der Waals surface area contributed by atoms with Gasteiger partial charge in [-0.05, 0) is 30.8 Å². The molecule has 1 aliphatic rings. The Morgan fingerprint density at radius 3 is 2.56 bits per heavy atom. The monoisotopic (exact) mass is 244 g/mol. The Bertz CT molecular complexity index is 510.